The SMILES string of the molecule is COc1cc(C[C@H]2COC(c3ccc(O)c(OC)c3)[C@@H]2COC(=O)c2ccc(O)cc2)ccc1O. The fourth-order valence-electron chi connectivity index (χ4n) is 4.37. The summed E-state index contributed by atoms with van der Waals surface area (Å²) < 4.78 is 22.3. The summed E-state index contributed by atoms with van der Waals surface area (Å²) in [5, 5.41) is 29.4. The average Bonchev–Trinajstić information content (AvgIpc) is 3.26. The summed E-state index contributed by atoms with van der Waals surface area (Å²) in [6, 6.07) is 16.1. The number of carbonyl (C=O) groups is 1. The van der Waals surface area contributed by atoms with Gasteiger partial charge in [0.1, 0.15) is 5.75 Å². The van der Waals surface area contributed by atoms with E-state index in [2.05, 4.69) is 0 Å². The van der Waals surface area contributed by atoms with Crippen molar-refractivity contribution < 1.29 is 39.1 Å². The minimum absolute atomic E-state index is 0.00154. The van der Waals surface area contributed by atoms with Crippen LogP contribution in [0, 0.1) is 11.8 Å². The zero-order valence-electron chi connectivity index (χ0n) is 19.5. The highest BCUT2D eigenvalue weighted by atomic mass is 16.5. The Morgan fingerprint density at radius 1 is 0.914 bits per heavy atom. The third-order valence-corrected chi connectivity index (χ3v) is 6.27. The Hall–Kier alpha value is -3.91. The topological polar surface area (TPSA) is 115 Å². The Kier molecular flexibility index (Phi) is 7.31. The Morgan fingerprint density at radius 3 is 2.26 bits per heavy atom. The molecule has 1 heterocycles. The highest BCUT2D eigenvalue weighted by Gasteiger charge is 2.39. The first-order chi connectivity index (χ1) is 16.9. The highest BCUT2D eigenvalue weighted by Crippen LogP contribution is 2.43. The van der Waals surface area contributed by atoms with E-state index in [0.29, 0.717) is 30.1 Å². The number of benzene rings is 3. The predicted molar refractivity (Wildman–Crippen MR) is 127 cm³/mol. The van der Waals surface area contributed by atoms with Crippen LogP contribution in [0.15, 0.2) is 60.7 Å². The molecule has 0 saturated carbocycles. The molecule has 1 unspecified atom stereocenters. The molecular formula is C27H28O8. The van der Waals surface area contributed by atoms with E-state index in [1.54, 1.807) is 30.3 Å². The summed E-state index contributed by atoms with van der Waals surface area (Å²) in [6.07, 6.45) is 0.227. The minimum Gasteiger partial charge on any atom is -0.508 e. The Morgan fingerprint density at radius 2 is 1.57 bits per heavy atom. The summed E-state index contributed by atoms with van der Waals surface area (Å²) in [5.41, 5.74) is 2.09. The van der Waals surface area contributed by atoms with E-state index in [-0.39, 0.29) is 41.8 Å². The molecule has 4 rings (SSSR count). The number of phenolic OH excluding ortho intramolecular Hbond substituents is 3. The smallest absolute Gasteiger partial charge is 0.338 e. The number of aromatic hydroxyl groups is 3. The number of phenols is 3. The van der Waals surface area contributed by atoms with Gasteiger partial charge in [-0.3, -0.25) is 0 Å². The molecule has 184 valence electrons. The summed E-state index contributed by atoms with van der Waals surface area (Å²) >= 11 is 0. The van der Waals surface area contributed by atoms with Crippen molar-refractivity contribution in [2.24, 2.45) is 11.8 Å². The van der Waals surface area contributed by atoms with Gasteiger partial charge >= 0.3 is 5.97 Å². The summed E-state index contributed by atoms with van der Waals surface area (Å²) in [7, 11) is 2.98. The van der Waals surface area contributed by atoms with Gasteiger partial charge in [-0.25, -0.2) is 4.79 Å². The first-order valence-corrected chi connectivity index (χ1v) is 11.2. The van der Waals surface area contributed by atoms with E-state index >= 15 is 0 Å². The maximum Gasteiger partial charge on any atom is 0.338 e. The van der Waals surface area contributed by atoms with E-state index in [0.717, 1.165) is 11.1 Å². The summed E-state index contributed by atoms with van der Waals surface area (Å²) in [6.45, 7) is 0.534. The average molecular weight is 481 g/mol. The van der Waals surface area contributed by atoms with Crippen molar-refractivity contribution in [1.82, 2.24) is 0 Å². The largest absolute Gasteiger partial charge is 0.508 e. The quantitative estimate of drug-likeness (QED) is 0.411. The molecule has 0 aromatic heterocycles. The number of hydrogen-bond acceptors (Lipinski definition) is 8. The Bertz CT molecular complexity index is 1170. The molecule has 8 heteroatoms. The molecular weight excluding hydrogens is 452 g/mol. The van der Waals surface area contributed by atoms with Crippen LogP contribution in [0.4, 0.5) is 0 Å². The van der Waals surface area contributed by atoms with Gasteiger partial charge in [0.05, 0.1) is 39.1 Å². The molecule has 0 amide bonds. The van der Waals surface area contributed by atoms with E-state index in [1.807, 2.05) is 6.07 Å². The Balaban J connectivity index is 1.57. The monoisotopic (exact) mass is 480 g/mol. The van der Waals surface area contributed by atoms with Crippen LogP contribution in [-0.4, -0.2) is 48.7 Å². The van der Waals surface area contributed by atoms with Gasteiger partial charge in [-0.05, 0) is 72.0 Å². The summed E-state index contributed by atoms with van der Waals surface area (Å²) in [4.78, 5) is 12.6. The molecule has 8 nitrogen and oxygen atoms in total. The number of methoxy groups -OCH3 is 2. The fraction of sp³-hybridized carbons (Fsp3) is 0.296. The fourth-order valence-corrected chi connectivity index (χ4v) is 4.37. The van der Waals surface area contributed by atoms with Gasteiger partial charge in [0, 0.05) is 5.92 Å². The number of rotatable bonds is 8. The number of hydrogen-bond donors (Lipinski definition) is 3. The maximum atomic E-state index is 12.6. The van der Waals surface area contributed by atoms with Gasteiger partial charge in [0.2, 0.25) is 0 Å². The van der Waals surface area contributed by atoms with Crippen LogP contribution in [0.3, 0.4) is 0 Å². The molecule has 3 N–H and O–H groups in total. The molecule has 1 aliphatic heterocycles. The molecule has 1 aliphatic rings. The van der Waals surface area contributed by atoms with Crippen LogP contribution in [0.1, 0.15) is 27.6 Å². The summed E-state index contributed by atoms with van der Waals surface area (Å²) in [5.74, 6) is 0.186. The van der Waals surface area contributed by atoms with E-state index in [1.165, 1.54) is 38.5 Å². The molecule has 1 fully saturated rings. The number of carbonyl (C=O) groups excluding carboxylic acids is 1. The molecule has 3 atom stereocenters. The second-order valence-electron chi connectivity index (χ2n) is 8.46. The van der Waals surface area contributed by atoms with Gasteiger partial charge in [0.25, 0.3) is 0 Å². The molecule has 0 radical (unpaired) electrons. The van der Waals surface area contributed by atoms with Crippen molar-refractivity contribution in [3.8, 4) is 28.7 Å². The lowest BCUT2D eigenvalue weighted by Gasteiger charge is -2.24. The van der Waals surface area contributed by atoms with E-state index < -0.39 is 5.97 Å². The van der Waals surface area contributed by atoms with Gasteiger partial charge in [0.15, 0.2) is 23.0 Å². The second kappa shape index (κ2) is 10.6. The van der Waals surface area contributed by atoms with Gasteiger partial charge in [-0.2, -0.15) is 0 Å². The van der Waals surface area contributed by atoms with Crippen molar-refractivity contribution in [1.29, 1.82) is 0 Å². The normalized spacial score (nSPS) is 19.3. The van der Waals surface area contributed by atoms with Crippen LogP contribution in [0.5, 0.6) is 28.7 Å². The second-order valence-corrected chi connectivity index (χ2v) is 8.46. The standard InChI is InChI=1S/C27H28O8/c1-32-24-12-16(3-9-22(24)29)11-19-14-34-26(18-6-10-23(30)25(13-18)33-2)21(19)15-35-27(31)17-4-7-20(28)8-5-17/h3-10,12-13,19,21,26,28-30H,11,14-15H2,1-2H3/t19-,21+,26?/m0/s1. The van der Waals surface area contributed by atoms with Gasteiger partial charge in [-0.15, -0.1) is 0 Å². The zero-order chi connectivity index (χ0) is 24.9. The highest BCUT2D eigenvalue weighted by molar-refractivity contribution is 5.89. The molecule has 1 saturated heterocycles. The number of ether oxygens (including phenoxy) is 4. The zero-order valence-corrected chi connectivity index (χ0v) is 19.5. The molecule has 0 spiro atoms. The lowest BCUT2D eigenvalue weighted by Crippen LogP contribution is -2.24. The van der Waals surface area contributed by atoms with Crippen LogP contribution in [0.25, 0.3) is 0 Å². The van der Waals surface area contributed by atoms with Crippen LogP contribution in [-0.2, 0) is 15.9 Å². The van der Waals surface area contributed by atoms with Crippen molar-refractivity contribution in [2.75, 3.05) is 27.4 Å². The molecule has 35 heavy (non-hydrogen) atoms. The lowest BCUT2D eigenvalue weighted by atomic mass is 9.84. The first-order valence-electron chi connectivity index (χ1n) is 11.2. The molecule has 3 aromatic rings. The lowest BCUT2D eigenvalue weighted by molar-refractivity contribution is 0.0289. The van der Waals surface area contributed by atoms with Crippen LogP contribution < -0.4 is 9.47 Å². The van der Waals surface area contributed by atoms with Crippen molar-refractivity contribution >= 4 is 5.97 Å². The van der Waals surface area contributed by atoms with E-state index in [4.69, 9.17) is 18.9 Å². The van der Waals surface area contributed by atoms with Crippen molar-refractivity contribution in [2.45, 2.75) is 12.5 Å². The molecule has 0 bridgehead atoms. The van der Waals surface area contributed by atoms with Crippen molar-refractivity contribution in [3.05, 3.63) is 77.4 Å². The van der Waals surface area contributed by atoms with E-state index in [9.17, 15) is 20.1 Å². The van der Waals surface area contributed by atoms with Crippen molar-refractivity contribution in [3.63, 3.8) is 0 Å². The third-order valence-electron chi connectivity index (χ3n) is 6.27. The molecule has 3 aromatic carbocycles. The predicted octanol–water partition coefficient (Wildman–Crippen LogP) is 4.22. The molecule has 0 aliphatic carbocycles. The third kappa shape index (κ3) is 5.44. The Labute approximate surface area is 203 Å². The minimum atomic E-state index is -0.496. The van der Waals surface area contributed by atoms with Crippen LogP contribution in [0.2, 0.25) is 0 Å². The van der Waals surface area contributed by atoms with Crippen LogP contribution >= 0.6 is 0 Å². The maximum absolute atomic E-state index is 12.6. The van der Waals surface area contributed by atoms with Gasteiger partial charge in [-0.1, -0.05) is 12.1 Å². The first kappa shape index (κ1) is 24.2. The van der Waals surface area contributed by atoms with Gasteiger partial charge < -0.3 is 34.3 Å². The number of esters is 1.